The summed E-state index contributed by atoms with van der Waals surface area (Å²) in [5, 5.41) is 0. The number of amides is 2. The Kier molecular flexibility index (Phi) is 5.95. The zero-order valence-corrected chi connectivity index (χ0v) is 16.6. The van der Waals surface area contributed by atoms with Gasteiger partial charge < -0.3 is 14.5 Å². The summed E-state index contributed by atoms with van der Waals surface area (Å²) in [6.07, 6.45) is 10.8. The van der Waals surface area contributed by atoms with Gasteiger partial charge in [-0.1, -0.05) is 6.07 Å². The van der Waals surface area contributed by atoms with E-state index < -0.39 is 0 Å². The molecular weight excluding hydrogens is 354 g/mol. The predicted octanol–water partition coefficient (Wildman–Crippen LogP) is 2.42. The minimum Gasteiger partial charge on any atom is -0.368 e. The lowest BCUT2D eigenvalue weighted by molar-refractivity contribution is -0.151. The van der Waals surface area contributed by atoms with Gasteiger partial charge in [-0.3, -0.25) is 14.6 Å². The first-order chi connectivity index (χ1) is 13.7. The highest BCUT2D eigenvalue weighted by Crippen LogP contribution is 2.40. The van der Waals surface area contributed by atoms with Gasteiger partial charge in [0, 0.05) is 51.6 Å². The number of rotatable bonds is 4. The monoisotopic (exact) mass is 385 g/mol. The minimum absolute atomic E-state index is 0.174. The van der Waals surface area contributed by atoms with E-state index in [1.54, 1.807) is 6.20 Å². The second-order valence-electron chi connectivity index (χ2n) is 8.61. The molecule has 1 atom stereocenters. The van der Waals surface area contributed by atoms with Crippen molar-refractivity contribution in [1.29, 1.82) is 0 Å². The highest BCUT2D eigenvalue weighted by atomic mass is 16.5. The Morgan fingerprint density at radius 2 is 2.11 bits per heavy atom. The highest BCUT2D eigenvalue weighted by molar-refractivity contribution is 5.81. The van der Waals surface area contributed by atoms with Crippen molar-refractivity contribution in [3.63, 3.8) is 0 Å². The second kappa shape index (κ2) is 8.60. The molecule has 0 aromatic carbocycles. The SMILES string of the molecule is O=C1CCC2(CCN(C(=O)[C@@H]3CCCCO3)CC2)CN1CCc1cccnc1. The molecule has 0 bridgehead atoms. The maximum atomic E-state index is 12.7. The number of carbonyl (C=O) groups excluding carboxylic acids is 2. The number of ether oxygens (including phenoxy) is 1. The molecule has 0 radical (unpaired) electrons. The molecule has 0 aliphatic carbocycles. The van der Waals surface area contributed by atoms with Crippen LogP contribution >= 0.6 is 0 Å². The Hall–Kier alpha value is -1.95. The van der Waals surface area contributed by atoms with Crippen molar-refractivity contribution in [3.8, 4) is 0 Å². The largest absolute Gasteiger partial charge is 0.368 e. The van der Waals surface area contributed by atoms with Gasteiger partial charge >= 0.3 is 0 Å². The Morgan fingerprint density at radius 3 is 2.82 bits per heavy atom. The van der Waals surface area contributed by atoms with Crippen LogP contribution in [0.2, 0.25) is 0 Å². The van der Waals surface area contributed by atoms with Crippen LogP contribution in [0.5, 0.6) is 0 Å². The fourth-order valence-electron chi connectivity index (χ4n) is 4.86. The van der Waals surface area contributed by atoms with E-state index in [1.165, 1.54) is 5.56 Å². The number of nitrogens with zero attached hydrogens (tertiary/aromatic N) is 3. The molecule has 4 heterocycles. The van der Waals surface area contributed by atoms with Crippen LogP contribution < -0.4 is 0 Å². The summed E-state index contributed by atoms with van der Waals surface area (Å²) in [5.41, 5.74) is 1.34. The zero-order chi connectivity index (χ0) is 19.4. The molecule has 4 rings (SSSR count). The van der Waals surface area contributed by atoms with Crippen molar-refractivity contribution < 1.29 is 14.3 Å². The van der Waals surface area contributed by atoms with Crippen LogP contribution in [0.25, 0.3) is 0 Å². The molecule has 1 aromatic rings. The van der Waals surface area contributed by atoms with Crippen LogP contribution in [0, 0.1) is 5.41 Å². The average molecular weight is 386 g/mol. The molecule has 6 nitrogen and oxygen atoms in total. The summed E-state index contributed by atoms with van der Waals surface area (Å²) < 4.78 is 5.69. The molecule has 152 valence electrons. The Labute approximate surface area is 167 Å². The van der Waals surface area contributed by atoms with Gasteiger partial charge in [-0.25, -0.2) is 0 Å². The van der Waals surface area contributed by atoms with Crippen molar-refractivity contribution in [2.45, 2.75) is 57.5 Å². The van der Waals surface area contributed by atoms with Crippen LogP contribution in [0.4, 0.5) is 0 Å². The molecule has 2 amide bonds. The quantitative estimate of drug-likeness (QED) is 0.799. The Morgan fingerprint density at radius 1 is 1.25 bits per heavy atom. The smallest absolute Gasteiger partial charge is 0.251 e. The second-order valence-corrected chi connectivity index (χ2v) is 8.61. The van der Waals surface area contributed by atoms with Crippen LogP contribution in [-0.2, 0) is 20.7 Å². The van der Waals surface area contributed by atoms with Gasteiger partial charge in [0.2, 0.25) is 5.91 Å². The third-order valence-electron chi connectivity index (χ3n) is 6.73. The molecule has 28 heavy (non-hydrogen) atoms. The van der Waals surface area contributed by atoms with E-state index in [-0.39, 0.29) is 23.3 Å². The van der Waals surface area contributed by atoms with Crippen LogP contribution in [-0.4, -0.2) is 65.5 Å². The van der Waals surface area contributed by atoms with Crippen molar-refractivity contribution in [1.82, 2.24) is 14.8 Å². The minimum atomic E-state index is -0.230. The van der Waals surface area contributed by atoms with Crippen molar-refractivity contribution in [2.24, 2.45) is 5.41 Å². The summed E-state index contributed by atoms with van der Waals surface area (Å²) >= 11 is 0. The van der Waals surface area contributed by atoms with Gasteiger partial charge in [0.1, 0.15) is 6.10 Å². The molecule has 3 saturated heterocycles. The van der Waals surface area contributed by atoms with E-state index in [0.29, 0.717) is 13.0 Å². The van der Waals surface area contributed by atoms with Gasteiger partial charge in [-0.05, 0) is 62.0 Å². The molecule has 0 N–H and O–H groups in total. The van der Waals surface area contributed by atoms with Crippen LogP contribution in [0.1, 0.15) is 50.5 Å². The summed E-state index contributed by atoms with van der Waals surface area (Å²) in [7, 11) is 0. The fraction of sp³-hybridized carbons (Fsp3) is 0.682. The number of piperidine rings is 2. The summed E-state index contributed by atoms with van der Waals surface area (Å²) in [6, 6.07) is 4.01. The van der Waals surface area contributed by atoms with Gasteiger partial charge in [0.05, 0.1) is 0 Å². The first kappa shape index (κ1) is 19.4. The van der Waals surface area contributed by atoms with E-state index in [4.69, 9.17) is 4.74 Å². The Balaban J connectivity index is 1.31. The predicted molar refractivity (Wildman–Crippen MR) is 106 cm³/mol. The molecule has 1 aromatic heterocycles. The maximum Gasteiger partial charge on any atom is 0.251 e. The van der Waals surface area contributed by atoms with Gasteiger partial charge in [0.15, 0.2) is 0 Å². The number of likely N-dealkylation sites (tertiary alicyclic amines) is 2. The average Bonchev–Trinajstić information content (AvgIpc) is 2.76. The fourth-order valence-corrected chi connectivity index (χ4v) is 4.86. The summed E-state index contributed by atoms with van der Waals surface area (Å²) in [4.78, 5) is 33.4. The normalized spacial score (nSPS) is 25.1. The first-order valence-corrected chi connectivity index (χ1v) is 10.7. The summed E-state index contributed by atoms with van der Waals surface area (Å²) in [6.45, 7) is 3.88. The molecule has 0 saturated carbocycles. The number of carbonyl (C=O) groups is 2. The third kappa shape index (κ3) is 4.37. The number of aromatic nitrogens is 1. The van der Waals surface area contributed by atoms with E-state index in [2.05, 4.69) is 11.1 Å². The number of hydrogen-bond acceptors (Lipinski definition) is 4. The standard InChI is InChI=1S/C22H31N3O3/c26-20-6-8-22(17-25(20)12-7-18-4-3-11-23-16-18)9-13-24(14-10-22)21(27)19-5-1-2-15-28-19/h3-4,11,16,19H,1-2,5-10,12-15,17H2/t19-/m0/s1. The van der Waals surface area contributed by atoms with Crippen molar-refractivity contribution >= 4 is 11.8 Å². The van der Waals surface area contributed by atoms with Gasteiger partial charge in [0.25, 0.3) is 5.91 Å². The lowest BCUT2D eigenvalue weighted by atomic mass is 9.72. The molecule has 6 heteroatoms. The molecule has 3 aliphatic heterocycles. The van der Waals surface area contributed by atoms with Crippen LogP contribution in [0.3, 0.4) is 0 Å². The van der Waals surface area contributed by atoms with Crippen molar-refractivity contribution in [2.75, 3.05) is 32.8 Å². The maximum absolute atomic E-state index is 12.7. The topological polar surface area (TPSA) is 62.7 Å². The van der Waals surface area contributed by atoms with Gasteiger partial charge in [-0.2, -0.15) is 0 Å². The van der Waals surface area contributed by atoms with Crippen molar-refractivity contribution in [3.05, 3.63) is 30.1 Å². The highest BCUT2D eigenvalue weighted by Gasteiger charge is 2.42. The first-order valence-electron chi connectivity index (χ1n) is 10.7. The molecule has 1 spiro atoms. The van der Waals surface area contributed by atoms with Gasteiger partial charge in [-0.15, -0.1) is 0 Å². The Bertz CT molecular complexity index is 680. The van der Waals surface area contributed by atoms with E-state index in [1.807, 2.05) is 22.1 Å². The number of pyridine rings is 1. The molecule has 0 unspecified atom stereocenters. The third-order valence-corrected chi connectivity index (χ3v) is 6.73. The molecule has 3 aliphatic rings. The number of hydrogen-bond donors (Lipinski definition) is 0. The van der Waals surface area contributed by atoms with E-state index >= 15 is 0 Å². The molecule has 3 fully saturated rings. The molecular formula is C22H31N3O3. The summed E-state index contributed by atoms with van der Waals surface area (Å²) in [5.74, 6) is 0.443. The van der Waals surface area contributed by atoms with Crippen LogP contribution in [0.15, 0.2) is 24.5 Å². The lowest BCUT2D eigenvalue weighted by Gasteiger charge is -2.48. The van der Waals surface area contributed by atoms with E-state index in [9.17, 15) is 9.59 Å². The van der Waals surface area contributed by atoms with E-state index in [0.717, 1.165) is 71.1 Å². The zero-order valence-electron chi connectivity index (χ0n) is 16.6. The lowest BCUT2D eigenvalue weighted by Crippen LogP contribution is -2.54.